The Morgan fingerprint density at radius 3 is 2.16 bits per heavy atom. The maximum atomic E-state index is 14.2. The van der Waals surface area contributed by atoms with E-state index >= 15 is 0 Å². The lowest BCUT2D eigenvalue weighted by molar-refractivity contribution is -0.757. The van der Waals surface area contributed by atoms with Crippen LogP contribution in [-0.4, -0.2) is 57.2 Å². The molecule has 0 bridgehead atoms. The molecule has 0 saturated carbocycles. The fourth-order valence-electron chi connectivity index (χ4n) is 5.78. The van der Waals surface area contributed by atoms with Gasteiger partial charge in [-0.15, -0.1) is 10.1 Å². The van der Waals surface area contributed by atoms with Crippen LogP contribution in [0.25, 0.3) is 22.4 Å². The molecule has 11 nitrogen and oxygen atoms in total. The van der Waals surface area contributed by atoms with Crippen LogP contribution in [0.3, 0.4) is 0 Å². The second kappa shape index (κ2) is 17.9. The minimum Gasteiger partial charge on any atom is -0.466 e. The molecule has 2 atom stereocenters. The molecule has 0 saturated heterocycles. The summed E-state index contributed by atoms with van der Waals surface area (Å²) in [7, 11) is 0. The van der Waals surface area contributed by atoms with E-state index in [-0.39, 0.29) is 50.8 Å². The van der Waals surface area contributed by atoms with Gasteiger partial charge in [0.25, 0.3) is 11.0 Å². The second-order valence-corrected chi connectivity index (χ2v) is 12.0. The van der Waals surface area contributed by atoms with Crippen LogP contribution in [0.5, 0.6) is 0 Å². The van der Waals surface area contributed by atoms with E-state index in [2.05, 4.69) is 10.2 Å². The molecule has 0 aliphatic carbocycles. The van der Waals surface area contributed by atoms with E-state index < -0.39 is 29.1 Å². The normalized spacial score (nSPS) is 12.4. The van der Waals surface area contributed by atoms with Gasteiger partial charge >= 0.3 is 5.97 Å². The molecular formula is C37H42FN3O8. The number of aliphatic hydroxyl groups is 2. The van der Waals surface area contributed by atoms with Crippen molar-refractivity contribution in [3.63, 3.8) is 0 Å². The topological polar surface area (TPSA) is 153 Å². The second-order valence-electron chi connectivity index (χ2n) is 12.0. The Balaban J connectivity index is 1.60. The highest BCUT2D eigenvalue weighted by molar-refractivity contribution is 6.12. The Labute approximate surface area is 284 Å². The number of ether oxygens (including phenoxy) is 1. The van der Waals surface area contributed by atoms with Crippen molar-refractivity contribution in [3.8, 4) is 22.4 Å². The molecule has 0 fully saturated rings. The predicted octanol–water partition coefficient (Wildman–Crippen LogP) is 6.76. The first-order chi connectivity index (χ1) is 23.5. The number of halogens is 1. The Kier molecular flexibility index (Phi) is 13.4. The summed E-state index contributed by atoms with van der Waals surface area (Å²) in [6.07, 6.45) is -1.73. The SMILES string of the molecule is CC(C)c1c(C(=O)Nc2ccccc2)c(-c2ccccc2)c(-c2ccc(F)cc2)n1CC[C@@H](O)CC(O)CC(=O)OCCCCO[N+](=O)[O-]. The summed E-state index contributed by atoms with van der Waals surface area (Å²) >= 11 is 0. The van der Waals surface area contributed by atoms with Crippen LogP contribution in [0.15, 0.2) is 84.9 Å². The van der Waals surface area contributed by atoms with Gasteiger partial charge < -0.3 is 29.7 Å². The molecule has 0 aliphatic rings. The molecule has 4 aromatic rings. The monoisotopic (exact) mass is 675 g/mol. The van der Waals surface area contributed by atoms with Crippen molar-refractivity contribution < 1.29 is 38.9 Å². The summed E-state index contributed by atoms with van der Waals surface area (Å²) in [5.41, 5.74) is 4.66. The first-order valence-electron chi connectivity index (χ1n) is 16.3. The van der Waals surface area contributed by atoms with Crippen molar-refractivity contribution in [2.75, 3.05) is 18.5 Å². The molecule has 260 valence electrons. The lowest BCUT2D eigenvalue weighted by atomic mass is 9.94. The number of benzene rings is 3. The first kappa shape index (κ1) is 36.8. The van der Waals surface area contributed by atoms with Crippen LogP contribution >= 0.6 is 0 Å². The van der Waals surface area contributed by atoms with Crippen LogP contribution in [0.4, 0.5) is 10.1 Å². The number of hydrogen-bond donors (Lipinski definition) is 3. The number of aliphatic hydroxyl groups excluding tert-OH is 2. The lowest BCUT2D eigenvalue weighted by Gasteiger charge is -2.20. The minimum atomic E-state index is -1.17. The molecule has 49 heavy (non-hydrogen) atoms. The number of aromatic nitrogens is 1. The smallest absolute Gasteiger partial charge is 0.308 e. The van der Waals surface area contributed by atoms with Gasteiger partial charge in [0.15, 0.2) is 0 Å². The van der Waals surface area contributed by atoms with Gasteiger partial charge in [0.1, 0.15) is 5.82 Å². The molecule has 0 radical (unpaired) electrons. The van der Waals surface area contributed by atoms with Crippen LogP contribution in [0.1, 0.15) is 67.9 Å². The zero-order valence-electron chi connectivity index (χ0n) is 27.6. The summed E-state index contributed by atoms with van der Waals surface area (Å²) in [5.74, 6) is -1.50. The molecule has 1 heterocycles. The number of amides is 1. The number of hydrogen-bond acceptors (Lipinski definition) is 8. The van der Waals surface area contributed by atoms with Crippen molar-refractivity contribution in [3.05, 3.63) is 112 Å². The summed E-state index contributed by atoms with van der Waals surface area (Å²) in [6.45, 7) is 4.14. The molecule has 1 unspecified atom stereocenters. The molecule has 12 heteroatoms. The lowest BCUT2D eigenvalue weighted by Crippen LogP contribution is -2.23. The highest BCUT2D eigenvalue weighted by atomic mass is 19.1. The maximum Gasteiger partial charge on any atom is 0.308 e. The molecule has 3 aromatic carbocycles. The Morgan fingerprint density at radius 1 is 0.898 bits per heavy atom. The Hall–Kier alpha value is -5.07. The van der Waals surface area contributed by atoms with Gasteiger partial charge in [-0.1, -0.05) is 62.4 Å². The van der Waals surface area contributed by atoms with E-state index in [0.717, 1.165) is 11.3 Å². The van der Waals surface area contributed by atoms with Crippen LogP contribution in [0, 0.1) is 15.9 Å². The molecule has 1 amide bonds. The number of carbonyl (C=O) groups excluding carboxylic acids is 2. The van der Waals surface area contributed by atoms with Gasteiger partial charge in [0, 0.05) is 23.5 Å². The Morgan fingerprint density at radius 2 is 1.53 bits per heavy atom. The van der Waals surface area contributed by atoms with E-state index in [1.807, 2.05) is 66.9 Å². The predicted molar refractivity (Wildman–Crippen MR) is 183 cm³/mol. The minimum absolute atomic E-state index is 0.0247. The average Bonchev–Trinajstić information content (AvgIpc) is 3.42. The van der Waals surface area contributed by atoms with Gasteiger partial charge in [-0.05, 0) is 79.1 Å². The van der Waals surface area contributed by atoms with Crippen molar-refractivity contribution in [2.24, 2.45) is 0 Å². The first-order valence-corrected chi connectivity index (χ1v) is 16.3. The van der Waals surface area contributed by atoms with Crippen molar-refractivity contribution in [2.45, 2.75) is 70.6 Å². The molecule has 0 spiro atoms. The number of anilines is 1. The molecule has 3 N–H and O–H groups in total. The highest BCUT2D eigenvalue weighted by Gasteiger charge is 2.31. The summed E-state index contributed by atoms with van der Waals surface area (Å²) in [4.78, 5) is 40.8. The average molecular weight is 676 g/mol. The van der Waals surface area contributed by atoms with Crippen molar-refractivity contribution in [1.82, 2.24) is 4.57 Å². The number of nitrogens with zero attached hydrogens (tertiary/aromatic N) is 2. The van der Waals surface area contributed by atoms with E-state index in [9.17, 15) is 34.3 Å². The largest absolute Gasteiger partial charge is 0.466 e. The number of rotatable bonds is 18. The Bertz CT molecular complexity index is 1680. The molecule has 0 aliphatic heterocycles. The van der Waals surface area contributed by atoms with E-state index in [1.165, 1.54) is 12.1 Å². The summed E-state index contributed by atoms with van der Waals surface area (Å²) < 4.78 is 21.2. The van der Waals surface area contributed by atoms with Crippen LogP contribution in [-0.2, 0) is 20.9 Å². The molecular weight excluding hydrogens is 633 g/mol. The van der Waals surface area contributed by atoms with E-state index in [1.54, 1.807) is 24.3 Å². The van der Waals surface area contributed by atoms with Gasteiger partial charge in [0.2, 0.25) is 0 Å². The molecule has 4 rings (SSSR count). The van der Waals surface area contributed by atoms with Crippen LogP contribution in [0.2, 0.25) is 0 Å². The fourth-order valence-corrected chi connectivity index (χ4v) is 5.78. The summed E-state index contributed by atoms with van der Waals surface area (Å²) in [6, 6.07) is 24.7. The summed E-state index contributed by atoms with van der Waals surface area (Å²) in [5, 5.41) is 33.9. The van der Waals surface area contributed by atoms with Crippen LogP contribution < -0.4 is 5.32 Å². The zero-order valence-corrected chi connectivity index (χ0v) is 27.6. The highest BCUT2D eigenvalue weighted by Crippen LogP contribution is 2.42. The van der Waals surface area contributed by atoms with E-state index in [4.69, 9.17) is 4.74 Å². The zero-order chi connectivity index (χ0) is 35.3. The van der Waals surface area contributed by atoms with Crippen molar-refractivity contribution >= 4 is 17.6 Å². The number of esters is 1. The fraction of sp³-hybridized carbons (Fsp3) is 0.351. The molecule has 1 aromatic heterocycles. The maximum absolute atomic E-state index is 14.2. The van der Waals surface area contributed by atoms with Gasteiger partial charge in [-0.2, -0.15) is 0 Å². The number of unbranched alkanes of at least 4 members (excludes halogenated alkanes) is 1. The van der Waals surface area contributed by atoms with Crippen molar-refractivity contribution in [1.29, 1.82) is 0 Å². The van der Waals surface area contributed by atoms with Gasteiger partial charge in [-0.25, -0.2) is 4.39 Å². The number of nitrogens with one attached hydrogen (secondary N) is 1. The number of para-hydroxylation sites is 1. The van der Waals surface area contributed by atoms with Gasteiger partial charge in [-0.3, -0.25) is 9.59 Å². The third-order valence-electron chi connectivity index (χ3n) is 7.92. The quantitative estimate of drug-likeness (QED) is 0.0453. The van der Waals surface area contributed by atoms with Gasteiger partial charge in [0.05, 0.1) is 43.1 Å². The third kappa shape index (κ3) is 10.5. The standard InChI is InChI=1S/C37H42FN3O8/c1-25(2)35-34(37(45)39-29-13-7-4-8-14-29)33(26-11-5-3-6-12-26)36(27-15-17-28(38)18-16-27)40(35)20-19-30(42)23-31(43)24-32(44)48-21-9-10-22-49-41(46)47/h3-8,11-18,25,30-31,42-43H,9-10,19-24H2,1-2H3,(H,39,45)/t30-,31?/m1/s1. The third-order valence-corrected chi connectivity index (χ3v) is 7.92. The number of carbonyl (C=O) groups is 2. The van der Waals surface area contributed by atoms with E-state index in [0.29, 0.717) is 40.9 Å².